The van der Waals surface area contributed by atoms with E-state index in [9.17, 15) is 4.39 Å². The fourth-order valence-corrected chi connectivity index (χ4v) is 1.99. The molecule has 2 rings (SSSR count). The molecule has 0 bridgehead atoms. The van der Waals surface area contributed by atoms with Crippen molar-refractivity contribution < 1.29 is 9.13 Å². The SMILES string of the molecule is COc1ccc(CC2CCC2N)cc1F. The van der Waals surface area contributed by atoms with Crippen LogP contribution in [0.15, 0.2) is 18.2 Å². The van der Waals surface area contributed by atoms with Gasteiger partial charge in [0.1, 0.15) is 0 Å². The van der Waals surface area contributed by atoms with Crippen LogP contribution in [0.1, 0.15) is 18.4 Å². The van der Waals surface area contributed by atoms with Gasteiger partial charge in [-0.3, -0.25) is 0 Å². The van der Waals surface area contributed by atoms with Gasteiger partial charge in [-0.25, -0.2) is 4.39 Å². The first-order valence-corrected chi connectivity index (χ1v) is 5.28. The standard InChI is InChI=1S/C12H16FNO/c1-15-12-5-2-8(7-10(12)13)6-9-3-4-11(9)14/h2,5,7,9,11H,3-4,6,14H2,1H3. The molecule has 2 unspecified atom stereocenters. The molecule has 1 fully saturated rings. The summed E-state index contributed by atoms with van der Waals surface area (Å²) in [4.78, 5) is 0. The molecule has 82 valence electrons. The van der Waals surface area contributed by atoms with Crippen LogP contribution in [-0.2, 0) is 6.42 Å². The number of benzene rings is 1. The molecule has 0 spiro atoms. The number of ether oxygens (including phenoxy) is 1. The largest absolute Gasteiger partial charge is 0.494 e. The van der Waals surface area contributed by atoms with Crippen molar-refractivity contribution in [3.05, 3.63) is 29.6 Å². The monoisotopic (exact) mass is 209 g/mol. The summed E-state index contributed by atoms with van der Waals surface area (Å²) in [5, 5.41) is 0. The van der Waals surface area contributed by atoms with E-state index in [0.29, 0.717) is 17.7 Å². The highest BCUT2D eigenvalue weighted by Gasteiger charge is 2.27. The van der Waals surface area contributed by atoms with E-state index >= 15 is 0 Å². The van der Waals surface area contributed by atoms with Gasteiger partial charge in [0.25, 0.3) is 0 Å². The van der Waals surface area contributed by atoms with Crippen LogP contribution in [-0.4, -0.2) is 13.2 Å². The smallest absolute Gasteiger partial charge is 0.165 e. The number of nitrogens with two attached hydrogens (primary N) is 1. The normalized spacial score (nSPS) is 24.7. The van der Waals surface area contributed by atoms with Crippen molar-refractivity contribution in [3.63, 3.8) is 0 Å². The van der Waals surface area contributed by atoms with Gasteiger partial charge in [0.2, 0.25) is 0 Å². The Balaban J connectivity index is 2.06. The van der Waals surface area contributed by atoms with Crippen LogP contribution in [0.2, 0.25) is 0 Å². The number of hydrogen-bond donors (Lipinski definition) is 1. The minimum absolute atomic E-state index is 0.289. The lowest BCUT2D eigenvalue weighted by Crippen LogP contribution is -2.40. The van der Waals surface area contributed by atoms with E-state index in [4.69, 9.17) is 10.5 Å². The van der Waals surface area contributed by atoms with Crippen LogP contribution in [0.3, 0.4) is 0 Å². The quantitative estimate of drug-likeness (QED) is 0.827. The van der Waals surface area contributed by atoms with Crippen LogP contribution in [0, 0.1) is 11.7 Å². The minimum Gasteiger partial charge on any atom is -0.494 e. The highest BCUT2D eigenvalue weighted by atomic mass is 19.1. The molecule has 0 radical (unpaired) electrons. The summed E-state index contributed by atoms with van der Waals surface area (Å²) < 4.78 is 18.2. The van der Waals surface area contributed by atoms with E-state index in [-0.39, 0.29) is 5.82 Å². The van der Waals surface area contributed by atoms with E-state index in [2.05, 4.69) is 0 Å². The molecule has 0 amide bonds. The molecule has 0 saturated heterocycles. The van der Waals surface area contributed by atoms with Gasteiger partial charge in [-0.15, -0.1) is 0 Å². The molecule has 2 nitrogen and oxygen atoms in total. The van der Waals surface area contributed by atoms with Gasteiger partial charge < -0.3 is 10.5 Å². The fourth-order valence-electron chi connectivity index (χ4n) is 1.99. The molecule has 3 heteroatoms. The van der Waals surface area contributed by atoms with E-state index in [1.54, 1.807) is 12.1 Å². The number of hydrogen-bond acceptors (Lipinski definition) is 2. The summed E-state index contributed by atoms with van der Waals surface area (Å²) in [6, 6.07) is 5.43. The van der Waals surface area contributed by atoms with Crippen LogP contribution >= 0.6 is 0 Å². The highest BCUT2D eigenvalue weighted by Crippen LogP contribution is 2.30. The number of halogens is 1. The maximum atomic E-state index is 13.4. The van der Waals surface area contributed by atoms with Crippen LogP contribution in [0.5, 0.6) is 5.75 Å². The molecule has 2 N–H and O–H groups in total. The Hall–Kier alpha value is -1.09. The summed E-state index contributed by atoms with van der Waals surface area (Å²) in [6.45, 7) is 0. The van der Waals surface area contributed by atoms with E-state index in [0.717, 1.165) is 24.8 Å². The Kier molecular flexibility index (Phi) is 2.91. The number of rotatable bonds is 3. The average molecular weight is 209 g/mol. The maximum absolute atomic E-state index is 13.4. The summed E-state index contributed by atoms with van der Waals surface area (Å²) in [7, 11) is 1.47. The van der Waals surface area contributed by atoms with Crippen molar-refractivity contribution in [2.24, 2.45) is 11.7 Å². The minimum atomic E-state index is -0.289. The van der Waals surface area contributed by atoms with Crippen molar-refractivity contribution in [2.45, 2.75) is 25.3 Å². The fraction of sp³-hybridized carbons (Fsp3) is 0.500. The summed E-state index contributed by atoms with van der Waals surface area (Å²) in [6.07, 6.45) is 3.14. The summed E-state index contributed by atoms with van der Waals surface area (Å²) in [5.41, 5.74) is 6.85. The third kappa shape index (κ3) is 2.12. The Morgan fingerprint density at radius 1 is 1.47 bits per heavy atom. The lowest BCUT2D eigenvalue weighted by atomic mass is 9.76. The van der Waals surface area contributed by atoms with E-state index < -0.39 is 0 Å². The predicted octanol–water partition coefficient (Wildman–Crippen LogP) is 2.11. The Bertz CT molecular complexity index is 353. The topological polar surface area (TPSA) is 35.2 Å². The maximum Gasteiger partial charge on any atom is 0.165 e. The molecule has 1 aromatic carbocycles. The van der Waals surface area contributed by atoms with Gasteiger partial charge in [0, 0.05) is 6.04 Å². The number of methoxy groups -OCH3 is 1. The Labute approximate surface area is 89.2 Å². The second-order valence-corrected chi connectivity index (χ2v) is 4.17. The van der Waals surface area contributed by atoms with Crippen molar-refractivity contribution >= 4 is 0 Å². The van der Waals surface area contributed by atoms with Gasteiger partial charge in [0.15, 0.2) is 11.6 Å². The molecule has 1 aliphatic rings. The van der Waals surface area contributed by atoms with Gasteiger partial charge in [0.05, 0.1) is 7.11 Å². The molecule has 15 heavy (non-hydrogen) atoms. The molecule has 0 aliphatic heterocycles. The lowest BCUT2D eigenvalue weighted by Gasteiger charge is -2.33. The first kappa shape index (κ1) is 10.4. The third-order valence-corrected chi connectivity index (χ3v) is 3.19. The van der Waals surface area contributed by atoms with Crippen LogP contribution < -0.4 is 10.5 Å². The molecule has 1 saturated carbocycles. The average Bonchev–Trinajstić information content (AvgIpc) is 2.24. The van der Waals surface area contributed by atoms with Gasteiger partial charge in [-0.1, -0.05) is 6.07 Å². The zero-order valence-electron chi connectivity index (χ0n) is 8.87. The molecule has 2 atom stereocenters. The first-order valence-electron chi connectivity index (χ1n) is 5.28. The molecule has 1 aromatic rings. The zero-order valence-corrected chi connectivity index (χ0v) is 8.87. The van der Waals surface area contributed by atoms with Gasteiger partial charge >= 0.3 is 0 Å². The van der Waals surface area contributed by atoms with E-state index in [1.165, 1.54) is 7.11 Å². The van der Waals surface area contributed by atoms with Gasteiger partial charge in [-0.2, -0.15) is 0 Å². The highest BCUT2D eigenvalue weighted by molar-refractivity contribution is 5.29. The first-order chi connectivity index (χ1) is 7.20. The van der Waals surface area contributed by atoms with Crippen LogP contribution in [0.4, 0.5) is 4.39 Å². The van der Waals surface area contributed by atoms with Crippen molar-refractivity contribution in [3.8, 4) is 5.75 Å². The Morgan fingerprint density at radius 2 is 2.27 bits per heavy atom. The van der Waals surface area contributed by atoms with Crippen molar-refractivity contribution in [2.75, 3.05) is 7.11 Å². The molecular formula is C12H16FNO. The zero-order chi connectivity index (χ0) is 10.8. The van der Waals surface area contributed by atoms with Crippen molar-refractivity contribution in [1.82, 2.24) is 0 Å². The third-order valence-electron chi connectivity index (χ3n) is 3.19. The summed E-state index contributed by atoms with van der Waals surface area (Å²) >= 11 is 0. The molecule has 1 aliphatic carbocycles. The van der Waals surface area contributed by atoms with Gasteiger partial charge in [-0.05, 0) is 42.9 Å². The molecule has 0 heterocycles. The summed E-state index contributed by atoms with van der Waals surface area (Å²) in [5.74, 6) is 0.539. The van der Waals surface area contributed by atoms with Crippen molar-refractivity contribution in [1.29, 1.82) is 0 Å². The molecule has 0 aromatic heterocycles. The second kappa shape index (κ2) is 4.19. The predicted molar refractivity (Wildman–Crippen MR) is 57.4 cm³/mol. The Morgan fingerprint density at radius 3 is 2.73 bits per heavy atom. The van der Waals surface area contributed by atoms with Crippen LogP contribution in [0.25, 0.3) is 0 Å². The molecular weight excluding hydrogens is 193 g/mol. The lowest BCUT2D eigenvalue weighted by molar-refractivity contribution is 0.255. The van der Waals surface area contributed by atoms with E-state index in [1.807, 2.05) is 6.07 Å². The second-order valence-electron chi connectivity index (χ2n) is 4.17.